The summed E-state index contributed by atoms with van der Waals surface area (Å²) >= 11 is 0. The van der Waals surface area contributed by atoms with E-state index in [0.717, 1.165) is 0 Å². The Morgan fingerprint density at radius 2 is 2.43 bits per heavy atom. The fourth-order valence-corrected chi connectivity index (χ4v) is 1.15. The van der Waals surface area contributed by atoms with Crippen molar-refractivity contribution in [3.63, 3.8) is 0 Å². The Hall–Kier alpha value is -1.98. The van der Waals surface area contributed by atoms with Gasteiger partial charge in [0.1, 0.15) is 6.33 Å². The van der Waals surface area contributed by atoms with Crippen LogP contribution in [0.2, 0.25) is 0 Å². The van der Waals surface area contributed by atoms with Crippen molar-refractivity contribution in [1.82, 2.24) is 25.0 Å². The van der Waals surface area contributed by atoms with Crippen molar-refractivity contribution in [2.24, 2.45) is 7.05 Å². The molecule has 2 aromatic rings. The second-order valence-corrected chi connectivity index (χ2v) is 2.78. The lowest BCUT2D eigenvalue weighted by Crippen LogP contribution is -2.01. The number of rotatable bonds is 3. The average molecular weight is 190 g/mol. The van der Waals surface area contributed by atoms with Gasteiger partial charge in [0.15, 0.2) is 17.0 Å². The molecule has 6 heteroatoms. The molecule has 0 saturated heterocycles. The Bertz CT molecular complexity index is 460. The molecular weight excluding hydrogens is 180 g/mol. The Morgan fingerprint density at radius 1 is 1.57 bits per heavy atom. The van der Waals surface area contributed by atoms with Gasteiger partial charge in [0.25, 0.3) is 0 Å². The molecule has 2 aromatic heterocycles. The molecule has 14 heavy (non-hydrogen) atoms. The van der Waals surface area contributed by atoms with Crippen LogP contribution >= 0.6 is 0 Å². The van der Waals surface area contributed by atoms with Gasteiger partial charge in [0, 0.05) is 13.6 Å². The number of hydrogen-bond acceptors (Lipinski definition) is 5. The molecule has 2 rings (SSSR count). The van der Waals surface area contributed by atoms with Crippen molar-refractivity contribution in [1.29, 1.82) is 0 Å². The zero-order valence-electron chi connectivity index (χ0n) is 7.80. The standard InChI is InChI=1S/C8H10N6/c1-3-4-9-7-6-8(11-5-10-7)14(2)13-12-6/h3,5H,1,4H2,2H3,(H,9,10,11). The van der Waals surface area contributed by atoms with Crippen molar-refractivity contribution in [2.45, 2.75) is 0 Å². The average Bonchev–Trinajstić information content (AvgIpc) is 2.58. The smallest absolute Gasteiger partial charge is 0.183 e. The highest BCUT2D eigenvalue weighted by molar-refractivity contribution is 5.81. The van der Waals surface area contributed by atoms with E-state index in [1.807, 2.05) is 0 Å². The maximum absolute atomic E-state index is 4.07. The summed E-state index contributed by atoms with van der Waals surface area (Å²) in [4.78, 5) is 8.14. The molecule has 0 aliphatic carbocycles. The van der Waals surface area contributed by atoms with Gasteiger partial charge in [-0.25, -0.2) is 14.6 Å². The second kappa shape index (κ2) is 3.41. The quantitative estimate of drug-likeness (QED) is 0.707. The minimum atomic E-state index is 0.642. The van der Waals surface area contributed by atoms with Gasteiger partial charge in [0.05, 0.1) is 0 Å². The number of hydrogen-bond donors (Lipinski definition) is 1. The fourth-order valence-electron chi connectivity index (χ4n) is 1.15. The van der Waals surface area contributed by atoms with Gasteiger partial charge in [-0.05, 0) is 0 Å². The van der Waals surface area contributed by atoms with E-state index in [1.165, 1.54) is 6.33 Å². The first-order valence-electron chi connectivity index (χ1n) is 4.18. The fraction of sp³-hybridized carbons (Fsp3) is 0.250. The third-order valence-electron chi connectivity index (χ3n) is 1.80. The van der Waals surface area contributed by atoms with E-state index in [4.69, 9.17) is 0 Å². The third-order valence-corrected chi connectivity index (χ3v) is 1.80. The van der Waals surface area contributed by atoms with E-state index in [-0.39, 0.29) is 0 Å². The summed E-state index contributed by atoms with van der Waals surface area (Å²) in [7, 11) is 1.79. The van der Waals surface area contributed by atoms with Crippen LogP contribution in [0.5, 0.6) is 0 Å². The molecule has 0 unspecified atom stereocenters. The molecule has 0 spiro atoms. The highest BCUT2D eigenvalue weighted by atomic mass is 15.4. The van der Waals surface area contributed by atoms with E-state index in [2.05, 4.69) is 32.2 Å². The van der Waals surface area contributed by atoms with Crippen molar-refractivity contribution in [3.8, 4) is 0 Å². The summed E-state index contributed by atoms with van der Waals surface area (Å²) in [6.07, 6.45) is 3.24. The highest BCUT2D eigenvalue weighted by Gasteiger charge is 2.07. The Kier molecular flexibility index (Phi) is 2.10. The number of nitrogens with zero attached hydrogens (tertiary/aromatic N) is 5. The summed E-state index contributed by atoms with van der Waals surface area (Å²) in [5.41, 5.74) is 1.39. The minimum Gasteiger partial charge on any atom is -0.365 e. The van der Waals surface area contributed by atoms with Gasteiger partial charge in [-0.15, -0.1) is 11.7 Å². The zero-order chi connectivity index (χ0) is 9.97. The molecule has 0 atom stereocenters. The van der Waals surface area contributed by atoms with Crippen LogP contribution in [0.1, 0.15) is 0 Å². The van der Waals surface area contributed by atoms with E-state index in [0.29, 0.717) is 23.5 Å². The zero-order valence-corrected chi connectivity index (χ0v) is 7.80. The summed E-state index contributed by atoms with van der Waals surface area (Å²) in [6.45, 7) is 4.26. The van der Waals surface area contributed by atoms with E-state index >= 15 is 0 Å². The summed E-state index contributed by atoms with van der Waals surface area (Å²) < 4.78 is 1.61. The highest BCUT2D eigenvalue weighted by Crippen LogP contribution is 2.14. The number of anilines is 1. The first-order valence-corrected chi connectivity index (χ1v) is 4.18. The maximum Gasteiger partial charge on any atom is 0.183 e. The first-order chi connectivity index (χ1) is 6.83. The summed E-state index contributed by atoms with van der Waals surface area (Å²) in [6, 6.07) is 0. The topological polar surface area (TPSA) is 68.5 Å². The predicted octanol–water partition coefficient (Wildman–Crippen LogP) is 0.356. The Labute approximate surface area is 80.7 Å². The summed E-state index contributed by atoms with van der Waals surface area (Å²) in [5, 5.41) is 10.9. The van der Waals surface area contributed by atoms with Crippen LogP contribution in [0.4, 0.5) is 5.82 Å². The third kappa shape index (κ3) is 1.30. The second-order valence-electron chi connectivity index (χ2n) is 2.78. The van der Waals surface area contributed by atoms with Crippen LogP contribution in [0, 0.1) is 0 Å². The largest absolute Gasteiger partial charge is 0.365 e. The number of nitrogens with one attached hydrogen (secondary N) is 1. The monoisotopic (exact) mass is 190 g/mol. The molecule has 0 bridgehead atoms. The van der Waals surface area contributed by atoms with Crippen LogP contribution in [0.15, 0.2) is 19.0 Å². The lowest BCUT2D eigenvalue weighted by Gasteiger charge is -2.00. The Morgan fingerprint density at radius 3 is 3.21 bits per heavy atom. The molecule has 0 radical (unpaired) electrons. The molecule has 72 valence electrons. The first kappa shape index (κ1) is 8.61. The van der Waals surface area contributed by atoms with Gasteiger partial charge in [-0.2, -0.15) is 0 Å². The van der Waals surface area contributed by atoms with Gasteiger partial charge in [0.2, 0.25) is 0 Å². The van der Waals surface area contributed by atoms with Gasteiger partial charge >= 0.3 is 0 Å². The maximum atomic E-state index is 4.07. The predicted molar refractivity (Wildman–Crippen MR) is 52.8 cm³/mol. The van der Waals surface area contributed by atoms with Crippen molar-refractivity contribution in [2.75, 3.05) is 11.9 Å². The van der Waals surface area contributed by atoms with Crippen molar-refractivity contribution >= 4 is 17.0 Å². The lowest BCUT2D eigenvalue weighted by atomic mass is 10.4. The minimum absolute atomic E-state index is 0.642. The molecule has 1 N–H and O–H groups in total. The molecule has 0 saturated carbocycles. The van der Waals surface area contributed by atoms with Gasteiger partial charge in [-0.3, -0.25) is 0 Å². The van der Waals surface area contributed by atoms with Crippen LogP contribution in [0.25, 0.3) is 11.2 Å². The van der Waals surface area contributed by atoms with Crippen molar-refractivity contribution in [3.05, 3.63) is 19.0 Å². The molecule has 0 fully saturated rings. The number of aryl methyl sites for hydroxylation is 1. The molecule has 0 aliphatic heterocycles. The van der Waals surface area contributed by atoms with Crippen LogP contribution < -0.4 is 5.32 Å². The van der Waals surface area contributed by atoms with Crippen molar-refractivity contribution < 1.29 is 0 Å². The summed E-state index contributed by atoms with van der Waals surface area (Å²) in [5.74, 6) is 0.683. The van der Waals surface area contributed by atoms with E-state index in [9.17, 15) is 0 Å². The molecule has 2 heterocycles. The van der Waals surface area contributed by atoms with E-state index < -0.39 is 0 Å². The lowest BCUT2D eigenvalue weighted by molar-refractivity contribution is 0.729. The molecular formula is C8H10N6. The van der Waals surface area contributed by atoms with Crippen LogP contribution in [-0.2, 0) is 7.05 Å². The number of fused-ring (bicyclic) bond motifs is 1. The Balaban J connectivity index is 2.48. The van der Waals surface area contributed by atoms with Crippen LogP contribution in [-0.4, -0.2) is 31.5 Å². The van der Waals surface area contributed by atoms with Gasteiger partial charge < -0.3 is 5.32 Å². The van der Waals surface area contributed by atoms with Crippen LogP contribution in [0.3, 0.4) is 0 Å². The molecule has 0 amide bonds. The molecule has 0 aromatic carbocycles. The normalized spacial score (nSPS) is 10.4. The van der Waals surface area contributed by atoms with Gasteiger partial charge in [-0.1, -0.05) is 11.3 Å². The SMILES string of the molecule is C=CCNc1ncnc2c1nnn2C. The molecule has 0 aliphatic rings. The van der Waals surface area contributed by atoms with E-state index in [1.54, 1.807) is 17.8 Å². The number of aromatic nitrogens is 5. The molecule has 6 nitrogen and oxygen atoms in total.